The molecule has 2 heterocycles. The van der Waals surface area contributed by atoms with E-state index in [1.165, 1.54) is 28.0 Å². The molecule has 0 radical (unpaired) electrons. The van der Waals surface area contributed by atoms with E-state index in [9.17, 15) is 18.8 Å². The van der Waals surface area contributed by atoms with Crippen LogP contribution in [0.1, 0.15) is 25.3 Å². The Kier molecular flexibility index (Phi) is 6.38. The van der Waals surface area contributed by atoms with Crippen LogP contribution in [0.3, 0.4) is 0 Å². The number of halogens is 1. The Balaban J connectivity index is 1.64. The summed E-state index contributed by atoms with van der Waals surface area (Å²) in [5, 5.41) is 2.49. The second kappa shape index (κ2) is 9.22. The van der Waals surface area contributed by atoms with Crippen molar-refractivity contribution in [1.82, 2.24) is 4.90 Å². The fourth-order valence-electron chi connectivity index (χ4n) is 3.61. The molecule has 164 valence electrons. The van der Waals surface area contributed by atoms with Gasteiger partial charge in [0, 0.05) is 12.1 Å². The number of thiocarbonyl (C=S) groups is 1. The molecule has 0 saturated carbocycles. The van der Waals surface area contributed by atoms with Crippen molar-refractivity contribution in [1.29, 1.82) is 0 Å². The third kappa shape index (κ3) is 4.05. The molecule has 0 unspecified atom stereocenters. The minimum absolute atomic E-state index is 0.0365. The second-order valence-electron chi connectivity index (χ2n) is 7.32. The standard InChI is InChI=1S/C23H20FN3O3S2/c1-2-3-12-26-22(30)20(32-23(26)31)19-14-8-4-7-11-17(14)27(21(19)29)13-18(28)25-16-10-6-5-9-15(16)24/h4-11H,2-3,12-13H2,1H3,(H,25,28)/b20-19+. The van der Waals surface area contributed by atoms with E-state index in [0.29, 0.717) is 22.1 Å². The summed E-state index contributed by atoms with van der Waals surface area (Å²) in [5.74, 6) is -1.85. The Bertz CT molecular complexity index is 1160. The predicted molar refractivity (Wildman–Crippen MR) is 128 cm³/mol. The van der Waals surface area contributed by atoms with Gasteiger partial charge in [0.25, 0.3) is 11.8 Å². The van der Waals surface area contributed by atoms with Crippen LogP contribution in [0.15, 0.2) is 53.4 Å². The molecule has 9 heteroatoms. The van der Waals surface area contributed by atoms with Gasteiger partial charge in [-0.2, -0.15) is 0 Å². The summed E-state index contributed by atoms with van der Waals surface area (Å²) in [5.41, 5.74) is 1.38. The first kappa shape index (κ1) is 22.2. The zero-order valence-corrected chi connectivity index (χ0v) is 18.9. The average Bonchev–Trinajstić information content (AvgIpc) is 3.20. The van der Waals surface area contributed by atoms with Crippen LogP contribution < -0.4 is 10.2 Å². The first-order valence-corrected chi connectivity index (χ1v) is 11.4. The van der Waals surface area contributed by atoms with Crippen molar-refractivity contribution in [2.24, 2.45) is 0 Å². The number of carbonyl (C=O) groups excluding carboxylic acids is 3. The van der Waals surface area contributed by atoms with E-state index in [1.54, 1.807) is 30.3 Å². The molecule has 1 fully saturated rings. The summed E-state index contributed by atoms with van der Waals surface area (Å²) in [4.78, 5) is 42.1. The molecule has 0 aromatic heterocycles. The number of amides is 3. The molecule has 0 atom stereocenters. The third-order valence-corrected chi connectivity index (χ3v) is 6.63. The first-order valence-electron chi connectivity index (χ1n) is 10.2. The fraction of sp³-hybridized carbons (Fsp3) is 0.217. The lowest BCUT2D eigenvalue weighted by Gasteiger charge is -2.17. The number of para-hydroxylation sites is 2. The first-order chi connectivity index (χ1) is 15.4. The lowest BCUT2D eigenvalue weighted by molar-refractivity contribution is -0.122. The van der Waals surface area contributed by atoms with Crippen molar-refractivity contribution in [2.75, 3.05) is 23.3 Å². The number of benzene rings is 2. The van der Waals surface area contributed by atoms with E-state index < -0.39 is 17.6 Å². The van der Waals surface area contributed by atoms with Crippen LogP contribution in [0.5, 0.6) is 0 Å². The SMILES string of the molecule is CCCCN1C(=O)/C(=C2\C(=O)N(CC(=O)Nc3ccccc3F)c3ccccc32)SC1=S. The van der Waals surface area contributed by atoms with Gasteiger partial charge in [0.15, 0.2) is 0 Å². The molecule has 4 rings (SSSR count). The van der Waals surface area contributed by atoms with E-state index >= 15 is 0 Å². The van der Waals surface area contributed by atoms with E-state index in [1.807, 2.05) is 6.92 Å². The molecule has 32 heavy (non-hydrogen) atoms. The molecule has 6 nitrogen and oxygen atoms in total. The summed E-state index contributed by atoms with van der Waals surface area (Å²) >= 11 is 6.49. The highest BCUT2D eigenvalue weighted by molar-refractivity contribution is 8.26. The smallest absolute Gasteiger partial charge is 0.267 e. The highest BCUT2D eigenvalue weighted by Gasteiger charge is 2.42. The van der Waals surface area contributed by atoms with Gasteiger partial charge < -0.3 is 5.32 Å². The number of rotatable bonds is 6. The number of anilines is 2. The van der Waals surface area contributed by atoms with Crippen LogP contribution in [0.25, 0.3) is 5.57 Å². The number of fused-ring (bicyclic) bond motifs is 1. The summed E-state index contributed by atoms with van der Waals surface area (Å²) in [7, 11) is 0. The van der Waals surface area contributed by atoms with Gasteiger partial charge in [-0.3, -0.25) is 24.2 Å². The van der Waals surface area contributed by atoms with E-state index in [2.05, 4.69) is 5.32 Å². The van der Waals surface area contributed by atoms with Crippen LogP contribution in [0.4, 0.5) is 15.8 Å². The van der Waals surface area contributed by atoms with Crippen molar-refractivity contribution in [2.45, 2.75) is 19.8 Å². The van der Waals surface area contributed by atoms with Gasteiger partial charge in [-0.05, 0) is 24.6 Å². The van der Waals surface area contributed by atoms with E-state index in [-0.39, 0.29) is 28.6 Å². The van der Waals surface area contributed by atoms with Crippen LogP contribution in [0.2, 0.25) is 0 Å². The van der Waals surface area contributed by atoms with Gasteiger partial charge in [-0.1, -0.05) is 67.7 Å². The van der Waals surface area contributed by atoms with Gasteiger partial charge in [0.1, 0.15) is 16.7 Å². The minimum Gasteiger partial charge on any atom is -0.322 e. The zero-order chi connectivity index (χ0) is 22.8. The predicted octanol–water partition coefficient (Wildman–Crippen LogP) is 4.18. The molecule has 1 N–H and O–H groups in total. The van der Waals surface area contributed by atoms with Gasteiger partial charge in [-0.15, -0.1) is 0 Å². The number of hydrogen-bond donors (Lipinski definition) is 1. The topological polar surface area (TPSA) is 69.7 Å². The summed E-state index contributed by atoms with van der Waals surface area (Å²) in [6.45, 7) is 2.21. The number of nitrogens with zero attached hydrogens (tertiary/aromatic N) is 2. The van der Waals surface area contributed by atoms with Gasteiger partial charge >= 0.3 is 0 Å². The monoisotopic (exact) mass is 469 g/mol. The molecule has 0 aliphatic carbocycles. The quantitative estimate of drug-likeness (QED) is 0.508. The largest absolute Gasteiger partial charge is 0.322 e. The lowest BCUT2D eigenvalue weighted by Crippen LogP contribution is -2.35. The molecule has 3 amide bonds. The van der Waals surface area contributed by atoms with E-state index in [4.69, 9.17) is 12.2 Å². The molecule has 2 aliphatic rings. The number of thioether (sulfide) groups is 1. The normalized spacial score (nSPS) is 17.9. The van der Waals surface area contributed by atoms with Crippen molar-refractivity contribution in [3.05, 3.63) is 64.8 Å². The summed E-state index contributed by atoms with van der Waals surface area (Å²) in [6.07, 6.45) is 1.72. The van der Waals surface area contributed by atoms with Crippen molar-refractivity contribution in [3.63, 3.8) is 0 Å². The molecular formula is C23H20FN3O3S2. The maximum atomic E-state index is 13.9. The summed E-state index contributed by atoms with van der Waals surface area (Å²) in [6, 6.07) is 12.8. The molecule has 2 aromatic rings. The van der Waals surface area contributed by atoms with Gasteiger partial charge in [0.2, 0.25) is 5.91 Å². The van der Waals surface area contributed by atoms with Crippen molar-refractivity contribution >= 4 is 63.0 Å². The average molecular weight is 470 g/mol. The molecular weight excluding hydrogens is 449 g/mol. The third-order valence-electron chi connectivity index (χ3n) is 5.18. The molecule has 0 bridgehead atoms. The molecule has 2 aliphatic heterocycles. The van der Waals surface area contributed by atoms with Crippen LogP contribution in [-0.2, 0) is 14.4 Å². The molecule has 1 saturated heterocycles. The lowest BCUT2D eigenvalue weighted by atomic mass is 10.1. The Morgan fingerprint density at radius 1 is 1.06 bits per heavy atom. The Labute approximate surface area is 194 Å². The maximum absolute atomic E-state index is 13.9. The van der Waals surface area contributed by atoms with Crippen LogP contribution >= 0.6 is 24.0 Å². The highest BCUT2D eigenvalue weighted by atomic mass is 32.2. The second-order valence-corrected chi connectivity index (χ2v) is 8.96. The minimum atomic E-state index is -0.564. The fourth-order valence-corrected chi connectivity index (χ4v) is 4.99. The van der Waals surface area contributed by atoms with Crippen molar-refractivity contribution in [3.8, 4) is 0 Å². The maximum Gasteiger partial charge on any atom is 0.267 e. The number of hydrogen-bond acceptors (Lipinski definition) is 5. The van der Waals surface area contributed by atoms with Gasteiger partial charge in [0.05, 0.1) is 21.9 Å². The van der Waals surface area contributed by atoms with Gasteiger partial charge in [-0.25, -0.2) is 4.39 Å². The van der Waals surface area contributed by atoms with Crippen molar-refractivity contribution < 1.29 is 18.8 Å². The molecule has 0 spiro atoms. The Hall–Kier alpha value is -3.04. The zero-order valence-electron chi connectivity index (χ0n) is 17.3. The Morgan fingerprint density at radius 2 is 1.78 bits per heavy atom. The van der Waals surface area contributed by atoms with E-state index in [0.717, 1.165) is 24.6 Å². The number of carbonyl (C=O) groups is 3. The van der Waals surface area contributed by atoms with Crippen LogP contribution in [0, 0.1) is 5.82 Å². The Morgan fingerprint density at radius 3 is 2.53 bits per heavy atom. The number of nitrogens with one attached hydrogen (secondary N) is 1. The van der Waals surface area contributed by atoms with Crippen LogP contribution in [-0.4, -0.2) is 40.0 Å². The number of unbranched alkanes of at least 4 members (excludes halogenated alkanes) is 1. The summed E-state index contributed by atoms with van der Waals surface area (Å²) < 4.78 is 14.3. The molecule has 2 aromatic carbocycles. The highest BCUT2D eigenvalue weighted by Crippen LogP contribution is 2.44.